The van der Waals surface area contributed by atoms with Crippen molar-refractivity contribution in [3.63, 3.8) is 0 Å². The molecule has 1 heterocycles. The minimum absolute atomic E-state index is 0.939. The van der Waals surface area contributed by atoms with Gasteiger partial charge in [0.05, 0.1) is 11.4 Å². The van der Waals surface area contributed by atoms with Gasteiger partial charge in [0.25, 0.3) is 0 Å². The SMILES string of the molecule is c1ccc2cc(-c3cc(-c4ccc5ccccc5c4)ncn3)ccc2c1. The van der Waals surface area contributed by atoms with Crippen LogP contribution in [0.25, 0.3) is 44.1 Å². The highest BCUT2D eigenvalue weighted by molar-refractivity contribution is 5.88. The molecular weight excluding hydrogens is 316 g/mol. The zero-order chi connectivity index (χ0) is 17.3. The van der Waals surface area contributed by atoms with E-state index in [1.165, 1.54) is 21.5 Å². The molecule has 4 aromatic carbocycles. The summed E-state index contributed by atoms with van der Waals surface area (Å²) in [7, 11) is 0. The maximum atomic E-state index is 4.49. The monoisotopic (exact) mass is 332 g/mol. The van der Waals surface area contributed by atoms with Crippen LogP contribution in [0.5, 0.6) is 0 Å². The molecule has 0 bridgehead atoms. The molecule has 0 aliphatic heterocycles. The zero-order valence-electron chi connectivity index (χ0n) is 14.1. The average molecular weight is 332 g/mol. The van der Waals surface area contributed by atoms with Gasteiger partial charge in [-0.15, -0.1) is 0 Å². The van der Waals surface area contributed by atoms with Crippen molar-refractivity contribution in [2.45, 2.75) is 0 Å². The Bertz CT molecular complexity index is 1150. The van der Waals surface area contributed by atoms with E-state index in [9.17, 15) is 0 Å². The fourth-order valence-electron chi connectivity index (χ4n) is 3.37. The van der Waals surface area contributed by atoms with Crippen LogP contribution in [0, 0.1) is 0 Å². The third kappa shape index (κ3) is 2.62. The van der Waals surface area contributed by atoms with E-state index in [0.717, 1.165) is 22.5 Å². The number of nitrogens with zero attached hydrogens (tertiary/aromatic N) is 2. The quantitative estimate of drug-likeness (QED) is 0.389. The lowest BCUT2D eigenvalue weighted by atomic mass is 10.0. The lowest BCUT2D eigenvalue weighted by Crippen LogP contribution is -1.89. The van der Waals surface area contributed by atoms with Gasteiger partial charge in [-0.1, -0.05) is 72.8 Å². The van der Waals surface area contributed by atoms with Crippen LogP contribution in [0.3, 0.4) is 0 Å². The Morgan fingerprint density at radius 2 is 0.885 bits per heavy atom. The van der Waals surface area contributed by atoms with Gasteiger partial charge in [0.1, 0.15) is 6.33 Å². The van der Waals surface area contributed by atoms with Gasteiger partial charge in [0, 0.05) is 11.1 Å². The summed E-state index contributed by atoms with van der Waals surface area (Å²) >= 11 is 0. The van der Waals surface area contributed by atoms with Gasteiger partial charge in [-0.25, -0.2) is 9.97 Å². The first-order valence-electron chi connectivity index (χ1n) is 8.67. The Labute approximate surface area is 151 Å². The van der Waals surface area contributed by atoms with Gasteiger partial charge in [-0.05, 0) is 39.7 Å². The van der Waals surface area contributed by atoms with Gasteiger partial charge < -0.3 is 0 Å². The van der Waals surface area contributed by atoms with E-state index in [1.54, 1.807) is 6.33 Å². The van der Waals surface area contributed by atoms with E-state index in [0.29, 0.717) is 0 Å². The molecule has 0 saturated heterocycles. The summed E-state index contributed by atoms with van der Waals surface area (Å²) in [4.78, 5) is 8.99. The fraction of sp³-hybridized carbons (Fsp3) is 0. The third-order valence-electron chi connectivity index (χ3n) is 4.76. The van der Waals surface area contributed by atoms with Crippen molar-refractivity contribution < 1.29 is 0 Å². The molecule has 5 rings (SSSR count). The van der Waals surface area contributed by atoms with Crippen molar-refractivity contribution in [1.82, 2.24) is 9.97 Å². The van der Waals surface area contributed by atoms with Gasteiger partial charge >= 0.3 is 0 Å². The fourth-order valence-corrected chi connectivity index (χ4v) is 3.37. The molecule has 122 valence electrons. The number of hydrogen-bond donors (Lipinski definition) is 0. The molecule has 0 aliphatic rings. The van der Waals surface area contributed by atoms with Crippen LogP contribution in [-0.2, 0) is 0 Å². The van der Waals surface area contributed by atoms with Crippen molar-refractivity contribution in [3.05, 3.63) is 97.3 Å². The second kappa shape index (κ2) is 6.08. The van der Waals surface area contributed by atoms with Crippen LogP contribution in [0.1, 0.15) is 0 Å². The van der Waals surface area contributed by atoms with Crippen molar-refractivity contribution in [2.24, 2.45) is 0 Å². The first-order chi connectivity index (χ1) is 12.9. The van der Waals surface area contributed by atoms with E-state index in [2.05, 4.69) is 101 Å². The van der Waals surface area contributed by atoms with Crippen molar-refractivity contribution in [2.75, 3.05) is 0 Å². The van der Waals surface area contributed by atoms with Gasteiger partial charge in [-0.3, -0.25) is 0 Å². The van der Waals surface area contributed by atoms with E-state index in [1.807, 2.05) is 0 Å². The maximum Gasteiger partial charge on any atom is 0.116 e. The van der Waals surface area contributed by atoms with Crippen LogP contribution in [0.15, 0.2) is 97.3 Å². The zero-order valence-corrected chi connectivity index (χ0v) is 14.1. The normalized spacial score (nSPS) is 11.1. The highest BCUT2D eigenvalue weighted by atomic mass is 14.8. The summed E-state index contributed by atoms with van der Waals surface area (Å²) in [6.07, 6.45) is 1.65. The van der Waals surface area contributed by atoms with Crippen LogP contribution in [0.2, 0.25) is 0 Å². The Morgan fingerprint density at radius 3 is 1.38 bits per heavy atom. The first kappa shape index (κ1) is 14.8. The maximum absolute atomic E-state index is 4.49. The Hall–Kier alpha value is -3.52. The molecule has 26 heavy (non-hydrogen) atoms. The predicted octanol–water partition coefficient (Wildman–Crippen LogP) is 6.12. The van der Waals surface area contributed by atoms with Gasteiger partial charge in [-0.2, -0.15) is 0 Å². The van der Waals surface area contributed by atoms with E-state index in [4.69, 9.17) is 0 Å². The van der Waals surface area contributed by atoms with Crippen LogP contribution >= 0.6 is 0 Å². The molecule has 0 amide bonds. The van der Waals surface area contributed by atoms with Crippen molar-refractivity contribution in [3.8, 4) is 22.5 Å². The van der Waals surface area contributed by atoms with Crippen LogP contribution < -0.4 is 0 Å². The largest absolute Gasteiger partial charge is 0.236 e. The standard InChI is InChI=1S/C24H16N2/c1-3-7-19-13-21(11-9-17(19)5-1)23-15-24(26-16-25-23)22-12-10-18-6-2-4-8-20(18)14-22/h1-16H. The molecule has 5 aromatic rings. The van der Waals surface area contributed by atoms with E-state index < -0.39 is 0 Å². The number of aromatic nitrogens is 2. The minimum Gasteiger partial charge on any atom is -0.236 e. The molecule has 0 unspecified atom stereocenters. The molecule has 0 aliphatic carbocycles. The lowest BCUT2D eigenvalue weighted by molar-refractivity contribution is 1.18. The molecule has 2 nitrogen and oxygen atoms in total. The minimum atomic E-state index is 0.939. The molecule has 0 fully saturated rings. The summed E-state index contributed by atoms with van der Waals surface area (Å²) in [5.41, 5.74) is 4.09. The van der Waals surface area contributed by atoms with E-state index in [-0.39, 0.29) is 0 Å². The molecule has 0 radical (unpaired) electrons. The number of benzene rings is 4. The molecule has 0 spiro atoms. The predicted molar refractivity (Wildman–Crippen MR) is 108 cm³/mol. The molecule has 0 atom stereocenters. The summed E-state index contributed by atoms with van der Waals surface area (Å²) in [6.45, 7) is 0. The molecule has 0 saturated carbocycles. The smallest absolute Gasteiger partial charge is 0.116 e. The molecular formula is C24H16N2. The second-order valence-corrected chi connectivity index (χ2v) is 6.41. The Kier molecular flexibility index (Phi) is 3.46. The Balaban J connectivity index is 1.60. The third-order valence-corrected chi connectivity index (χ3v) is 4.76. The van der Waals surface area contributed by atoms with Gasteiger partial charge in [0.15, 0.2) is 0 Å². The van der Waals surface area contributed by atoms with Crippen molar-refractivity contribution >= 4 is 21.5 Å². The summed E-state index contributed by atoms with van der Waals surface area (Å²) in [5, 5.41) is 4.91. The molecule has 1 aromatic heterocycles. The van der Waals surface area contributed by atoms with Crippen LogP contribution in [0.4, 0.5) is 0 Å². The average Bonchev–Trinajstić information content (AvgIpc) is 2.73. The number of rotatable bonds is 2. The number of hydrogen-bond acceptors (Lipinski definition) is 2. The molecule has 2 heteroatoms. The topological polar surface area (TPSA) is 25.8 Å². The van der Waals surface area contributed by atoms with Crippen LogP contribution in [-0.4, -0.2) is 9.97 Å². The molecule has 0 N–H and O–H groups in total. The summed E-state index contributed by atoms with van der Waals surface area (Å²) < 4.78 is 0. The number of fused-ring (bicyclic) bond motifs is 2. The highest BCUT2D eigenvalue weighted by Gasteiger charge is 2.06. The lowest BCUT2D eigenvalue weighted by Gasteiger charge is -2.07. The highest BCUT2D eigenvalue weighted by Crippen LogP contribution is 2.27. The first-order valence-corrected chi connectivity index (χ1v) is 8.67. The second-order valence-electron chi connectivity index (χ2n) is 6.41. The Morgan fingerprint density at radius 1 is 0.423 bits per heavy atom. The van der Waals surface area contributed by atoms with Crippen molar-refractivity contribution in [1.29, 1.82) is 0 Å². The summed E-state index contributed by atoms with van der Waals surface area (Å²) in [5.74, 6) is 0. The van der Waals surface area contributed by atoms with Gasteiger partial charge in [0.2, 0.25) is 0 Å². The summed E-state index contributed by atoms with van der Waals surface area (Å²) in [6, 6.07) is 31.7. The van der Waals surface area contributed by atoms with E-state index >= 15 is 0 Å².